The molecule has 1 heterocycles. The molecule has 0 aromatic heterocycles. The van der Waals surface area contributed by atoms with Gasteiger partial charge in [-0.2, -0.15) is 0 Å². The lowest BCUT2D eigenvalue weighted by Gasteiger charge is -2.33. The van der Waals surface area contributed by atoms with Gasteiger partial charge in [0.25, 0.3) is 0 Å². The highest BCUT2D eigenvalue weighted by atomic mass is 35.5. The number of hydrogen-bond donors (Lipinski definition) is 0. The molecule has 0 N–H and O–H groups in total. The second-order valence-corrected chi connectivity index (χ2v) is 8.29. The summed E-state index contributed by atoms with van der Waals surface area (Å²) >= 11 is 12.3. The quantitative estimate of drug-likeness (QED) is 0.625. The highest BCUT2D eigenvalue weighted by Gasteiger charge is 2.19. The minimum Gasteiger partial charge on any atom is -0.302 e. The maximum absolute atomic E-state index is 6.28. The second kappa shape index (κ2) is 9.75. The van der Waals surface area contributed by atoms with Crippen molar-refractivity contribution < 1.29 is 0 Å². The minimum absolute atomic E-state index is 0.694. The number of rotatable bonds is 7. The highest BCUT2D eigenvalue weighted by molar-refractivity contribution is 6.35. The zero-order valence-corrected chi connectivity index (χ0v) is 17.0. The van der Waals surface area contributed by atoms with E-state index < -0.39 is 0 Å². The van der Waals surface area contributed by atoms with E-state index in [-0.39, 0.29) is 0 Å². The lowest BCUT2D eigenvalue weighted by Crippen LogP contribution is -2.39. The summed E-state index contributed by atoms with van der Waals surface area (Å²) in [6, 6.07) is 16.7. The van der Waals surface area contributed by atoms with E-state index >= 15 is 0 Å². The molecule has 0 saturated carbocycles. The van der Waals surface area contributed by atoms with Crippen molar-refractivity contribution in [2.45, 2.75) is 25.8 Å². The van der Waals surface area contributed by atoms with E-state index in [0.717, 1.165) is 36.1 Å². The minimum atomic E-state index is 0.694. The molecule has 4 heteroatoms. The molecular weight excluding hydrogens is 363 g/mol. The SMILES string of the molecule is CN(CCN1CCC(Cc2ccccc2)CC1)Cc1ccc(Cl)cc1Cl. The molecular formula is C22H28Cl2N2. The van der Waals surface area contributed by atoms with E-state index in [1.165, 1.54) is 37.9 Å². The summed E-state index contributed by atoms with van der Waals surface area (Å²) in [7, 11) is 2.16. The second-order valence-electron chi connectivity index (χ2n) is 7.45. The average molecular weight is 391 g/mol. The predicted octanol–water partition coefficient (Wildman–Crippen LogP) is 5.38. The summed E-state index contributed by atoms with van der Waals surface area (Å²) in [5.41, 5.74) is 2.62. The molecule has 26 heavy (non-hydrogen) atoms. The van der Waals surface area contributed by atoms with E-state index in [0.29, 0.717) is 5.02 Å². The third-order valence-corrected chi connectivity index (χ3v) is 5.91. The standard InChI is InChI=1S/C22H28Cl2N2/c1-25(17-20-7-8-21(23)16-22(20)24)13-14-26-11-9-19(10-12-26)15-18-5-3-2-4-6-18/h2-8,16,19H,9-15,17H2,1H3. The van der Waals surface area contributed by atoms with Crippen LogP contribution in [-0.2, 0) is 13.0 Å². The van der Waals surface area contributed by atoms with Gasteiger partial charge in [-0.05, 0) is 68.6 Å². The molecule has 1 aliphatic heterocycles. The Morgan fingerprint density at radius 3 is 2.46 bits per heavy atom. The Bertz CT molecular complexity index is 682. The Morgan fingerprint density at radius 1 is 1.04 bits per heavy atom. The number of likely N-dealkylation sites (N-methyl/N-ethyl adjacent to an activating group) is 1. The highest BCUT2D eigenvalue weighted by Crippen LogP contribution is 2.23. The number of piperidine rings is 1. The Labute approximate surface area is 167 Å². The van der Waals surface area contributed by atoms with Crippen molar-refractivity contribution in [3.05, 3.63) is 69.7 Å². The molecule has 0 bridgehead atoms. The average Bonchev–Trinajstić information content (AvgIpc) is 2.64. The lowest BCUT2D eigenvalue weighted by molar-refractivity contribution is 0.162. The van der Waals surface area contributed by atoms with Gasteiger partial charge in [-0.1, -0.05) is 59.6 Å². The van der Waals surface area contributed by atoms with E-state index in [1.54, 1.807) is 0 Å². The fourth-order valence-electron chi connectivity index (χ4n) is 3.69. The third kappa shape index (κ3) is 5.99. The Balaban J connectivity index is 1.38. The number of likely N-dealkylation sites (tertiary alicyclic amines) is 1. The third-order valence-electron chi connectivity index (χ3n) is 5.33. The zero-order chi connectivity index (χ0) is 18.4. The summed E-state index contributed by atoms with van der Waals surface area (Å²) in [5, 5.41) is 1.45. The van der Waals surface area contributed by atoms with Crippen LogP contribution in [0.25, 0.3) is 0 Å². The van der Waals surface area contributed by atoms with E-state index in [1.807, 2.05) is 18.2 Å². The van der Waals surface area contributed by atoms with Gasteiger partial charge in [0.15, 0.2) is 0 Å². The van der Waals surface area contributed by atoms with Crippen molar-refractivity contribution in [3.8, 4) is 0 Å². The first-order chi connectivity index (χ1) is 12.6. The Morgan fingerprint density at radius 2 is 1.77 bits per heavy atom. The molecule has 1 fully saturated rings. The van der Waals surface area contributed by atoms with Crippen LogP contribution in [0.2, 0.25) is 10.0 Å². The molecule has 1 aliphatic rings. The molecule has 0 radical (unpaired) electrons. The largest absolute Gasteiger partial charge is 0.302 e. The summed E-state index contributed by atoms with van der Waals surface area (Å²) in [5.74, 6) is 0.833. The number of hydrogen-bond acceptors (Lipinski definition) is 2. The smallest absolute Gasteiger partial charge is 0.0465 e. The van der Waals surface area contributed by atoms with Crippen LogP contribution in [0.1, 0.15) is 24.0 Å². The van der Waals surface area contributed by atoms with Crippen molar-refractivity contribution in [2.75, 3.05) is 33.2 Å². The van der Waals surface area contributed by atoms with Gasteiger partial charge in [0.05, 0.1) is 0 Å². The van der Waals surface area contributed by atoms with Crippen LogP contribution in [0.5, 0.6) is 0 Å². The van der Waals surface area contributed by atoms with Gasteiger partial charge in [0, 0.05) is 29.7 Å². The summed E-state index contributed by atoms with van der Waals surface area (Å²) in [4.78, 5) is 4.94. The fraction of sp³-hybridized carbons (Fsp3) is 0.455. The molecule has 2 aromatic carbocycles. The van der Waals surface area contributed by atoms with E-state index in [4.69, 9.17) is 23.2 Å². The molecule has 3 rings (SSSR count). The maximum atomic E-state index is 6.28. The van der Waals surface area contributed by atoms with Crippen molar-refractivity contribution in [3.63, 3.8) is 0 Å². The van der Waals surface area contributed by atoms with Gasteiger partial charge in [-0.25, -0.2) is 0 Å². The number of benzene rings is 2. The van der Waals surface area contributed by atoms with Gasteiger partial charge in [-0.15, -0.1) is 0 Å². The molecule has 0 aliphatic carbocycles. The molecule has 140 valence electrons. The van der Waals surface area contributed by atoms with Gasteiger partial charge >= 0.3 is 0 Å². The summed E-state index contributed by atoms with van der Waals surface area (Å²) < 4.78 is 0. The van der Waals surface area contributed by atoms with E-state index in [2.05, 4.69) is 47.2 Å². The van der Waals surface area contributed by atoms with Crippen molar-refractivity contribution in [2.24, 2.45) is 5.92 Å². The monoisotopic (exact) mass is 390 g/mol. The van der Waals surface area contributed by atoms with Gasteiger partial charge in [-0.3, -0.25) is 0 Å². The molecule has 1 saturated heterocycles. The normalized spacial score (nSPS) is 16.3. The molecule has 0 spiro atoms. The van der Waals surface area contributed by atoms with Crippen molar-refractivity contribution >= 4 is 23.2 Å². The van der Waals surface area contributed by atoms with Crippen LogP contribution in [0.3, 0.4) is 0 Å². The van der Waals surface area contributed by atoms with Crippen LogP contribution in [-0.4, -0.2) is 43.0 Å². The molecule has 2 aromatic rings. The number of nitrogens with zero attached hydrogens (tertiary/aromatic N) is 2. The zero-order valence-electron chi connectivity index (χ0n) is 15.5. The van der Waals surface area contributed by atoms with E-state index in [9.17, 15) is 0 Å². The first-order valence-electron chi connectivity index (χ1n) is 9.49. The van der Waals surface area contributed by atoms with Crippen LogP contribution in [0, 0.1) is 5.92 Å². The molecule has 0 atom stereocenters. The fourth-order valence-corrected chi connectivity index (χ4v) is 4.16. The maximum Gasteiger partial charge on any atom is 0.0465 e. The summed E-state index contributed by atoms with van der Waals surface area (Å²) in [6.45, 7) is 5.47. The van der Waals surface area contributed by atoms with Crippen LogP contribution >= 0.6 is 23.2 Å². The van der Waals surface area contributed by atoms with Gasteiger partial charge in [0.1, 0.15) is 0 Å². The first kappa shape index (κ1) is 19.7. The van der Waals surface area contributed by atoms with Crippen LogP contribution in [0.4, 0.5) is 0 Å². The molecule has 2 nitrogen and oxygen atoms in total. The summed E-state index contributed by atoms with van der Waals surface area (Å²) in [6.07, 6.45) is 3.84. The Hall–Kier alpha value is -1.06. The Kier molecular flexibility index (Phi) is 7.39. The van der Waals surface area contributed by atoms with Crippen molar-refractivity contribution in [1.82, 2.24) is 9.80 Å². The van der Waals surface area contributed by atoms with Crippen molar-refractivity contribution in [1.29, 1.82) is 0 Å². The van der Waals surface area contributed by atoms with Crippen LogP contribution < -0.4 is 0 Å². The predicted molar refractivity (Wildman–Crippen MR) is 112 cm³/mol. The molecule has 0 amide bonds. The van der Waals surface area contributed by atoms with Gasteiger partial charge < -0.3 is 9.80 Å². The topological polar surface area (TPSA) is 6.48 Å². The first-order valence-corrected chi connectivity index (χ1v) is 10.2. The number of halogens is 2. The molecule has 0 unspecified atom stereocenters. The lowest BCUT2D eigenvalue weighted by atomic mass is 9.90. The van der Waals surface area contributed by atoms with Crippen LogP contribution in [0.15, 0.2) is 48.5 Å². The van der Waals surface area contributed by atoms with Gasteiger partial charge in [0.2, 0.25) is 0 Å².